The van der Waals surface area contributed by atoms with Crippen LogP contribution in [0, 0.1) is 10.1 Å². The fraction of sp³-hybridized carbons (Fsp3) is 0.111. The molecule has 10 nitrogen and oxygen atoms in total. The molecule has 0 fully saturated rings. The van der Waals surface area contributed by atoms with Crippen LogP contribution in [0.3, 0.4) is 0 Å². The van der Waals surface area contributed by atoms with Crippen LogP contribution >= 0.6 is 11.8 Å². The summed E-state index contributed by atoms with van der Waals surface area (Å²) in [5, 5.41) is 31.1. The molecule has 1 aromatic heterocycles. The van der Waals surface area contributed by atoms with Crippen molar-refractivity contribution in [1.82, 2.24) is 14.8 Å². The molecule has 148 valence electrons. The van der Waals surface area contributed by atoms with E-state index in [4.69, 9.17) is 5.11 Å². The first-order chi connectivity index (χ1) is 13.8. The zero-order valence-corrected chi connectivity index (χ0v) is 15.9. The highest BCUT2D eigenvalue weighted by molar-refractivity contribution is 7.99. The number of nitro groups is 1. The second-order valence-electron chi connectivity index (χ2n) is 5.90. The Balaban J connectivity index is 1.67. The lowest BCUT2D eigenvalue weighted by Crippen LogP contribution is -2.15. The van der Waals surface area contributed by atoms with Gasteiger partial charge in [-0.3, -0.25) is 14.9 Å². The molecule has 0 aliphatic heterocycles. The number of carbonyl (C=O) groups is 2. The Morgan fingerprint density at radius 3 is 2.69 bits per heavy atom. The summed E-state index contributed by atoms with van der Waals surface area (Å²) in [5.41, 5.74) is 0.940. The van der Waals surface area contributed by atoms with E-state index < -0.39 is 10.9 Å². The average molecular weight is 413 g/mol. The number of hydrogen-bond acceptors (Lipinski definition) is 7. The van der Waals surface area contributed by atoms with E-state index in [2.05, 4.69) is 15.5 Å². The van der Waals surface area contributed by atoms with Gasteiger partial charge in [-0.05, 0) is 18.2 Å². The largest absolute Gasteiger partial charge is 0.478 e. The molecule has 2 aromatic carbocycles. The molecule has 0 bridgehead atoms. The highest BCUT2D eigenvalue weighted by Crippen LogP contribution is 2.25. The third-order valence-corrected chi connectivity index (χ3v) is 4.90. The van der Waals surface area contributed by atoms with Crippen molar-refractivity contribution >= 4 is 35.0 Å². The van der Waals surface area contributed by atoms with Crippen LogP contribution in [0.5, 0.6) is 0 Å². The second-order valence-corrected chi connectivity index (χ2v) is 6.84. The Kier molecular flexibility index (Phi) is 5.88. The Morgan fingerprint density at radius 1 is 1.21 bits per heavy atom. The number of non-ortho nitro benzene ring substituents is 1. The highest BCUT2D eigenvalue weighted by atomic mass is 32.2. The molecule has 0 spiro atoms. The standard InChI is InChI=1S/C18H15N5O5S/c1-22-16(11-4-3-7-14(9-11)23(27)28)20-21-18(22)29-10-15(24)19-13-6-2-5-12(8-13)17(25)26/h2-9H,10H2,1H3,(H,19,24)(H,25,26). The number of aromatic carboxylic acids is 1. The summed E-state index contributed by atoms with van der Waals surface area (Å²) in [5.74, 6) is -0.954. The summed E-state index contributed by atoms with van der Waals surface area (Å²) in [6, 6.07) is 12.0. The van der Waals surface area contributed by atoms with Gasteiger partial charge in [0.25, 0.3) is 5.69 Å². The van der Waals surface area contributed by atoms with Gasteiger partial charge in [0.15, 0.2) is 11.0 Å². The number of carboxylic acid groups (broad SMARTS) is 1. The summed E-state index contributed by atoms with van der Waals surface area (Å²) in [6.45, 7) is 0. The number of carboxylic acids is 1. The van der Waals surface area contributed by atoms with Gasteiger partial charge in [-0.2, -0.15) is 0 Å². The van der Waals surface area contributed by atoms with E-state index in [0.29, 0.717) is 22.2 Å². The number of nitrogens with one attached hydrogen (secondary N) is 1. The van der Waals surface area contributed by atoms with Crippen molar-refractivity contribution in [3.8, 4) is 11.4 Å². The molecular formula is C18H15N5O5S. The zero-order valence-electron chi connectivity index (χ0n) is 15.1. The number of nitro benzene ring substituents is 1. The van der Waals surface area contributed by atoms with Gasteiger partial charge in [0.2, 0.25) is 5.91 Å². The minimum Gasteiger partial charge on any atom is -0.478 e. The molecule has 0 aliphatic carbocycles. The van der Waals surface area contributed by atoms with Gasteiger partial charge < -0.3 is 15.0 Å². The number of hydrogen-bond donors (Lipinski definition) is 2. The average Bonchev–Trinajstić information content (AvgIpc) is 3.07. The quantitative estimate of drug-likeness (QED) is 0.342. The molecule has 0 aliphatic rings. The van der Waals surface area contributed by atoms with Crippen LogP contribution in [0.15, 0.2) is 53.7 Å². The maximum atomic E-state index is 12.2. The van der Waals surface area contributed by atoms with Crippen LogP contribution in [-0.4, -0.2) is 42.4 Å². The summed E-state index contributed by atoms with van der Waals surface area (Å²) < 4.78 is 1.64. The lowest BCUT2D eigenvalue weighted by atomic mass is 10.2. The van der Waals surface area contributed by atoms with Gasteiger partial charge in [-0.1, -0.05) is 30.0 Å². The molecule has 0 atom stereocenters. The predicted octanol–water partition coefficient (Wildman–Crippen LogP) is 2.82. The van der Waals surface area contributed by atoms with Crippen LogP contribution in [0.2, 0.25) is 0 Å². The number of amides is 1. The number of carbonyl (C=O) groups excluding carboxylic acids is 1. The first-order valence-electron chi connectivity index (χ1n) is 8.25. The topological polar surface area (TPSA) is 140 Å². The molecule has 3 aromatic rings. The minimum absolute atomic E-state index is 0.0260. The van der Waals surface area contributed by atoms with Crippen molar-refractivity contribution in [1.29, 1.82) is 0 Å². The molecule has 0 unspecified atom stereocenters. The molecule has 1 amide bonds. The lowest BCUT2D eigenvalue weighted by molar-refractivity contribution is -0.384. The van der Waals surface area contributed by atoms with E-state index >= 15 is 0 Å². The van der Waals surface area contributed by atoms with Gasteiger partial charge >= 0.3 is 5.97 Å². The maximum absolute atomic E-state index is 12.2. The van der Waals surface area contributed by atoms with Crippen LogP contribution in [0.4, 0.5) is 11.4 Å². The molecular weight excluding hydrogens is 398 g/mol. The predicted molar refractivity (Wildman–Crippen MR) is 106 cm³/mol. The van der Waals surface area contributed by atoms with Crippen molar-refractivity contribution in [3.05, 3.63) is 64.2 Å². The normalized spacial score (nSPS) is 10.5. The third-order valence-electron chi connectivity index (χ3n) is 3.88. The Morgan fingerprint density at radius 2 is 1.97 bits per heavy atom. The Bertz CT molecular complexity index is 1100. The first-order valence-corrected chi connectivity index (χ1v) is 9.24. The van der Waals surface area contributed by atoms with E-state index in [0.717, 1.165) is 11.8 Å². The molecule has 3 rings (SSSR count). The van der Waals surface area contributed by atoms with Crippen LogP contribution in [0.25, 0.3) is 11.4 Å². The van der Waals surface area contributed by atoms with Gasteiger partial charge in [-0.25, -0.2) is 4.79 Å². The number of benzene rings is 2. The molecule has 0 saturated heterocycles. The summed E-state index contributed by atoms with van der Waals surface area (Å²) in [7, 11) is 1.70. The van der Waals surface area contributed by atoms with Gasteiger partial charge in [0, 0.05) is 30.4 Å². The van der Waals surface area contributed by atoms with E-state index in [-0.39, 0.29) is 22.9 Å². The van der Waals surface area contributed by atoms with Gasteiger partial charge in [-0.15, -0.1) is 10.2 Å². The monoisotopic (exact) mass is 413 g/mol. The number of aromatic nitrogens is 3. The number of nitrogens with zero attached hydrogens (tertiary/aromatic N) is 4. The van der Waals surface area contributed by atoms with Crippen molar-refractivity contribution in [2.75, 3.05) is 11.1 Å². The lowest BCUT2D eigenvalue weighted by Gasteiger charge is -2.06. The fourth-order valence-corrected chi connectivity index (χ4v) is 3.22. The Labute approximate surface area is 168 Å². The zero-order chi connectivity index (χ0) is 21.0. The van der Waals surface area contributed by atoms with Crippen LogP contribution in [-0.2, 0) is 11.8 Å². The highest BCUT2D eigenvalue weighted by Gasteiger charge is 2.15. The second kappa shape index (κ2) is 8.52. The summed E-state index contributed by atoms with van der Waals surface area (Å²) >= 11 is 1.14. The van der Waals surface area contributed by atoms with E-state index in [1.54, 1.807) is 35.9 Å². The first kappa shape index (κ1) is 20.0. The summed E-state index contributed by atoms with van der Waals surface area (Å²) in [4.78, 5) is 33.6. The molecule has 0 radical (unpaired) electrons. The van der Waals surface area contributed by atoms with Crippen molar-refractivity contribution in [2.24, 2.45) is 7.05 Å². The minimum atomic E-state index is -1.08. The SMILES string of the molecule is Cn1c(SCC(=O)Nc2cccc(C(=O)O)c2)nnc1-c1cccc([N+](=O)[O-])c1. The number of anilines is 1. The van der Waals surface area contributed by atoms with E-state index in [1.165, 1.54) is 24.3 Å². The smallest absolute Gasteiger partial charge is 0.335 e. The van der Waals surface area contributed by atoms with E-state index in [1.807, 2.05) is 0 Å². The third kappa shape index (κ3) is 4.76. The van der Waals surface area contributed by atoms with Gasteiger partial charge in [0.05, 0.1) is 16.2 Å². The van der Waals surface area contributed by atoms with Crippen LogP contribution in [0.1, 0.15) is 10.4 Å². The van der Waals surface area contributed by atoms with Gasteiger partial charge in [0.1, 0.15) is 0 Å². The summed E-state index contributed by atoms with van der Waals surface area (Å²) in [6.07, 6.45) is 0. The molecule has 2 N–H and O–H groups in total. The Hall–Kier alpha value is -3.73. The van der Waals surface area contributed by atoms with Crippen LogP contribution < -0.4 is 5.32 Å². The van der Waals surface area contributed by atoms with E-state index in [9.17, 15) is 19.7 Å². The van der Waals surface area contributed by atoms with Crippen molar-refractivity contribution in [2.45, 2.75) is 5.16 Å². The number of thioether (sulfide) groups is 1. The molecule has 0 saturated carbocycles. The molecule has 29 heavy (non-hydrogen) atoms. The fourth-order valence-electron chi connectivity index (χ4n) is 2.51. The maximum Gasteiger partial charge on any atom is 0.335 e. The van der Waals surface area contributed by atoms with Crippen molar-refractivity contribution < 1.29 is 19.6 Å². The molecule has 1 heterocycles. The van der Waals surface area contributed by atoms with Crippen molar-refractivity contribution in [3.63, 3.8) is 0 Å². The number of rotatable bonds is 7. The molecule has 11 heteroatoms.